The van der Waals surface area contributed by atoms with Gasteiger partial charge in [0.1, 0.15) is 0 Å². The molecule has 26 heavy (non-hydrogen) atoms. The van der Waals surface area contributed by atoms with Crippen LogP contribution in [0, 0.1) is 5.92 Å². The number of likely N-dealkylation sites (tertiary alicyclic amines) is 1. The molecule has 7 nitrogen and oxygen atoms in total. The van der Waals surface area contributed by atoms with Gasteiger partial charge in [-0.25, -0.2) is 4.79 Å². The molecule has 142 valence electrons. The van der Waals surface area contributed by atoms with Crippen LogP contribution in [-0.2, 0) is 4.79 Å². The molecule has 0 bridgehead atoms. The predicted octanol–water partition coefficient (Wildman–Crippen LogP) is 2.20. The number of anilines is 1. The maximum atomic E-state index is 12.1. The normalized spacial score (nSPS) is 14.8. The minimum absolute atomic E-state index is 0.00480. The van der Waals surface area contributed by atoms with Crippen molar-refractivity contribution in [2.75, 3.05) is 25.0 Å². The van der Waals surface area contributed by atoms with Crippen molar-refractivity contribution in [1.29, 1.82) is 0 Å². The third-order valence-corrected chi connectivity index (χ3v) is 4.38. The summed E-state index contributed by atoms with van der Waals surface area (Å²) in [4.78, 5) is 37.7. The molecule has 0 aliphatic carbocycles. The standard InChI is InChI=1S/C19H28N4O3/c1-4-20-17(24)14-5-7-15(8-6-14)21-19(26)22-16-9-11-23(12-10-16)18(25)13(2)3/h5-8,13,16H,4,9-12H2,1-3H3,(H,20,24)(H2,21,22,26). The van der Waals surface area contributed by atoms with Gasteiger partial charge in [-0.15, -0.1) is 0 Å². The van der Waals surface area contributed by atoms with Crippen LogP contribution in [0.1, 0.15) is 44.0 Å². The number of nitrogens with zero attached hydrogens (tertiary/aromatic N) is 1. The second-order valence-corrected chi connectivity index (χ2v) is 6.79. The van der Waals surface area contributed by atoms with Crippen molar-refractivity contribution >= 4 is 23.5 Å². The fourth-order valence-corrected chi connectivity index (χ4v) is 2.93. The molecule has 0 aromatic heterocycles. The number of piperidine rings is 1. The van der Waals surface area contributed by atoms with Crippen molar-refractivity contribution < 1.29 is 14.4 Å². The molecule has 0 spiro atoms. The van der Waals surface area contributed by atoms with Crippen molar-refractivity contribution in [3.8, 4) is 0 Å². The zero-order valence-electron chi connectivity index (χ0n) is 15.7. The van der Waals surface area contributed by atoms with Crippen molar-refractivity contribution in [1.82, 2.24) is 15.5 Å². The van der Waals surface area contributed by atoms with E-state index in [2.05, 4.69) is 16.0 Å². The molecule has 0 unspecified atom stereocenters. The summed E-state index contributed by atoms with van der Waals surface area (Å²) in [5.41, 5.74) is 1.18. The highest BCUT2D eigenvalue weighted by atomic mass is 16.2. The molecule has 4 amide bonds. The third-order valence-electron chi connectivity index (χ3n) is 4.38. The van der Waals surface area contributed by atoms with Crippen LogP contribution in [0.5, 0.6) is 0 Å². The first-order chi connectivity index (χ1) is 12.4. The summed E-state index contributed by atoms with van der Waals surface area (Å²) in [6.07, 6.45) is 1.50. The monoisotopic (exact) mass is 360 g/mol. The van der Waals surface area contributed by atoms with Gasteiger partial charge in [0.15, 0.2) is 0 Å². The molecule has 0 radical (unpaired) electrons. The van der Waals surface area contributed by atoms with E-state index >= 15 is 0 Å². The molecule has 1 aromatic carbocycles. The molecule has 1 heterocycles. The second kappa shape index (κ2) is 9.22. The average molecular weight is 360 g/mol. The number of amides is 4. The second-order valence-electron chi connectivity index (χ2n) is 6.79. The lowest BCUT2D eigenvalue weighted by Crippen LogP contribution is -2.48. The summed E-state index contributed by atoms with van der Waals surface area (Å²) in [5, 5.41) is 8.45. The Labute approximate surface area is 154 Å². The van der Waals surface area contributed by atoms with E-state index in [0.717, 1.165) is 12.8 Å². The first-order valence-corrected chi connectivity index (χ1v) is 9.15. The molecule has 0 atom stereocenters. The number of hydrogen-bond acceptors (Lipinski definition) is 3. The smallest absolute Gasteiger partial charge is 0.319 e. The topological polar surface area (TPSA) is 90.5 Å². The highest BCUT2D eigenvalue weighted by Gasteiger charge is 2.25. The van der Waals surface area contributed by atoms with Crippen molar-refractivity contribution in [2.24, 2.45) is 5.92 Å². The highest BCUT2D eigenvalue weighted by molar-refractivity contribution is 5.95. The Morgan fingerprint density at radius 1 is 1.12 bits per heavy atom. The van der Waals surface area contributed by atoms with E-state index in [-0.39, 0.29) is 29.8 Å². The Kier molecular flexibility index (Phi) is 7.00. The van der Waals surface area contributed by atoms with E-state index in [1.54, 1.807) is 24.3 Å². The van der Waals surface area contributed by atoms with Crippen LogP contribution in [0.3, 0.4) is 0 Å². The highest BCUT2D eigenvalue weighted by Crippen LogP contribution is 2.14. The van der Waals surface area contributed by atoms with Crippen molar-refractivity contribution in [3.05, 3.63) is 29.8 Å². The summed E-state index contributed by atoms with van der Waals surface area (Å²) in [5.74, 6) is 0.0384. The van der Waals surface area contributed by atoms with Gasteiger partial charge in [0.2, 0.25) is 5.91 Å². The first-order valence-electron chi connectivity index (χ1n) is 9.15. The van der Waals surface area contributed by atoms with Crippen LogP contribution in [0.4, 0.5) is 10.5 Å². The van der Waals surface area contributed by atoms with Gasteiger partial charge < -0.3 is 20.9 Å². The van der Waals surface area contributed by atoms with Gasteiger partial charge in [-0.1, -0.05) is 13.8 Å². The average Bonchev–Trinajstić information content (AvgIpc) is 2.62. The Balaban J connectivity index is 1.79. The molecule has 1 aromatic rings. The number of carbonyl (C=O) groups excluding carboxylic acids is 3. The van der Waals surface area contributed by atoms with Gasteiger partial charge in [-0.2, -0.15) is 0 Å². The fraction of sp³-hybridized carbons (Fsp3) is 0.526. The van der Waals surface area contributed by atoms with Crippen LogP contribution in [0.25, 0.3) is 0 Å². The lowest BCUT2D eigenvalue weighted by atomic mass is 10.0. The Morgan fingerprint density at radius 2 is 1.73 bits per heavy atom. The summed E-state index contributed by atoms with van der Waals surface area (Å²) >= 11 is 0. The molecular formula is C19H28N4O3. The fourth-order valence-electron chi connectivity index (χ4n) is 2.93. The van der Waals surface area contributed by atoms with Crippen LogP contribution in [-0.4, -0.2) is 48.4 Å². The van der Waals surface area contributed by atoms with E-state index in [1.807, 2.05) is 25.7 Å². The number of hydrogen-bond donors (Lipinski definition) is 3. The summed E-state index contributed by atoms with van der Waals surface area (Å²) < 4.78 is 0. The van der Waals surface area contributed by atoms with E-state index in [4.69, 9.17) is 0 Å². The van der Waals surface area contributed by atoms with Crippen LogP contribution < -0.4 is 16.0 Å². The van der Waals surface area contributed by atoms with Gasteiger partial charge >= 0.3 is 6.03 Å². The van der Waals surface area contributed by atoms with Crippen LogP contribution >= 0.6 is 0 Å². The Hall–Kier alpha value is -2.57. The maximum Gasteiger partial charge on any atom is 0.319 e. The Bertz CT molecular complexity index is 635. The molecule has 1 aliphatic heterocycles. The first kappa shape index (κ1) is 19.8. The maximum absolute atomic E-state index is 12.1. The number of nitrogens with one attached hydrogen (secondary N) is 3. The molecule has 3 N–H and O–H groups in total. The minimum atomic E-state index is -0.274. The van der Waals surface area contributed by atoms with Gasteiger partial charge in [0.05, 0.1) is 0 Å². The summed E-state index contributed by atoms with van der Waals surface area (Å²) in [7, 11) is 0. The van der Waals surface area contributed by atoms with Gasteiger partial charge in [0, 0.05) is 42.8 Å². The lowest BCUT2D eigenvalue weighted by molar-refractivity contribution is -0.135. The number of rotatable bonds is 5. The van der Waals surface area contributed by atoms with E-state index < -0.39 is 0 Å². The zero-order valence-corrected chi connectivity index (χ0v) is 15.7. The quantitative estimate of drug-likeness (QED) is 0.752. The van der Waals surface area contributed by atoms with E-state index in [0.29, 0.717) is 30.9 Å². The molecular weight excluding hydrogens is 332 g/mol. The van der Waals surface area contributed by atoms with Crippen LogP contribution in [0.15, 0.2) is 24.3 Å². The van der Waals surface area contributed by atoms with E-state index in [1.165, 1.54) is 0 Å². The van der Waals surface area contributed by atoms with Crippen molar-refractivity contribution in [3.63, 3.8) is 0 Å². The Morgan fingerprint density at radius 3 is 2.27 bits per heavy atom. The molecule has 1 aliphatic rings. The SMILES string of the molecule is CCNC(=O)c1ccc(NC(=O)NC2CCN(C(=O)C(C)C)CC2)cc1. The van der Waals surface area contributed by atoms with Gasteiger partial charge in [-0.3, -0.25) is 9.59 Å². The number of benzene rings is 1. The van der Waals surface area contributed by atoms with Gasteiger partial charge in [0.25, 0.3) is 5.91 Å². The lowest BCUT2D eigenvalue weighted by Gasteiger charge is -2.33. The molecule has 1 saturated heterocycles. The predicted molar refractivity (Wildman–Crippen MR) is 101 cm³/mol. The molecule has 1 fully saturated rings. The van der Waals surface area contributed by atoms with Gasteiger partial charge in [-0.05, 0) is 44.0 Å². The molecule has 0 saturated carbocycles. The molecule has 2 rings (SSSR count). The largest absolute Gasteiger partial charge is 0.352 e. The summed E-state index contributed by atoms with van der Waals surface area (Å²) in [6, 6.07) is 6.54. The molecule has 7 heteroatoms. The zero-order chi connectivity index (χ0) is 19.1. The minimum Gasteiger partial charge on any atom is -0.352 e. The number of carbonyl (C=O) groups is 3. The summed E-state index contributed by atoms with van der Waals surface area (Å²) in [6.45, 7) is 7.57. The van der Waals surface area contributed by atoms with Crippen molar-refractivity contribution in [2.45, 2.75) is 39.7 Å². The number of urea groups is 1. The van der Waals surface area contributed by atoms with E-state index in [9.17, 15) is 14.4 Å². The van der Waals surface area contributed by atoms with Crippen LogP contribution in [0.2, 0.25) is 0 Å². The third kappa shape index (κ3) is 5.47.